The van der Waals surface area contributed by atoms with Crippen molar-refractivity contribution >= 4 is 53.7 Å². The Bertz CT molecular complexity index is 3410. The highest BCUT2D eigenvalue weighted by Crippen LogP contribution is 2.41. The average molecular weight is 811 g/mol. The average Bonchev–Trinajstić information content (AvgIpc) is 3.93. The largest absolute Gasteiger partial charge is 0.438 e. The maximum Gasteiger partial charge on any atom is 0.231 e. The molecule has 0 aliphatic rings. The van der Waals surface area contributed by atoms with Gasteiger partial charge in [-0.05, 0) is 69.8 Å². The van der Waals surface area contributed by atoms with E-state index in [9.17, 15) is 0 Å². The molecule has 290 valence electrons. The van der Waals surface area contributed by atoms with Crippen LogP contribution in [-0.4, -0.2) is 19.9 Å². The van der Waals surface area contributed by atoms with E-state index in [1.165, 1.54) is 10.1 Å². The van der Waals surface area contributed by atoms with Gasteiger partial charge in [-0.2, -0.15) is 4.98 Å². The molecule has 12 rings (SSSR count). The van der Waals surface area contributed by atoms with Crippen LogP contribution in [0.5, 0.6) is 0 Å². The van der Waals surface area contributed by atoms with Crippen LogP contribution in [0.3, 0.4) is 0 Å². The predicted octanol–water partition coefficient (Wildman–Crippen LogP) is 15.2. The lowest BCUT2D eigenvalue weighted by molar-refractivity contribution is 0.653. The van der Waals surface area contributed by atoms with E-state index in [1.807, 2.05) is 42.5 Å². The maximum atomic E-state index is 6.32. The highest BCUT2D eigenvalue weighted by Gasteiger charge is 2.19. The topological polar surface area (TPSA) is 64.7 Å². The molecular formula is C56H34N4OS. The number of fused-ring (bicyclic) bond motifs is 6. The Hall–Kier alpha value is -8.06. The minimum atomic E-state index is 0.578. The van der Waals surface area contributed by atoms with Crippen molar-refractivity contribution in [1.82, 2.24) is 19.9 Å². The first kappa shape index (κ1) is 35.8. The molecule has 0 radical (unpaired) electrons. The molecule has 4 aromatic heterocycles. The minimum Gasteiger partial charge on any atom is -0.438 e. The van der Waals surface area contributed by atoms with E-state index in [2.05, 4.69) is 164 Å². The zero-order valence-electron chi connectivity index (χ0n) is 33.2. The van der Waals surface area contributed by atoms with Crippen molar-refractivity contribution in [3.05, 3.63) is 206 Å². The maximum absolute atomic E-state index is 6.32. The number of furan rings is 1. The molecule has 0 saturated heterocycles. The Balaban J connectivity index is 0.890. The second kappa shape index (κ2) is 14.9. The van der Waals surface area contributed by atoms with Crippen LogP contribution in [0.4, 0.5) is 0 Å². The van der Waals surface area contributed by atoms with Gasteiger partial charge in [0.05, 0.1) is 16.8 Å². The highest BCUT2D eigenvalue weighted by atomic mass is 32.1. The summed E-state index contributed by atoms with van der Waals surface area (Å²) in [7, 11) is 0. The molecule has 0 unspecified atom stereocenters. The van der Waals surface area contributed by atoms with E-state index in [0.717, 1.165) is 99.4 Å². The standard InChI is InChI=1S/C56H34N4OS/c1-3-15-35(16-4-1)51-49-45-27-7-9-29-47(45)61-55(49)59-53(57-51)43-25-13-23-41(33-43)39-21-11-19-37(31-39)38-20-12-22-40(32-38)42-24-14-26-44(34-42)54-58-52(36-17-5-2-6-18-36)50-46-28-8-10-30-48(46)62-56(50)60-54/h1-34H. The van der Waals surface area contributed by atoms with Gasteiger partial charge >= 0.3 is 0 Å². The van der Waals surface area contributed by atoms with E-state index < -0.39 is 0 Å². The number of aromatic nitrogens is 4. The van der Waals surface area contributed by atoms with E-state index in [4.69, 9.17) is 24.4 Å². The molecule has 0 aliphatic carbocycles. The third-order valence-electron chi connectivity index (χ3n) is 11.5. The molecule has 0 spiro atoms. The molecule has 62 heavy (non-hydrogen) atoms. The molecule has 12 aromatic rings. The molecule has 0 atom stereocenters. The van der Waals surface area contributed by atoms with Crippen molar-refractivity contribution in [3.63, 3.8) is 0 Å². The molecule has 0 bridgehead atoms. The SMILES string of the molecule is c1ccc(-c2nc(-c3cccc(-c4cccc(-c5cccc(-c6cccc(-c7nc(-c8ccccc8)c8c(n7)sc7ccccc78)c6)c5)c4)c3)nc3oc4ccccc4c23)cc1. The summed E-state index contributed by atoms with van der Waals surface area (Å²) in [6, 6.07) is 71.8. The van der Waals surface area contributed by atoms with Crippen LogP contribution < -0.4 is 0 Å². The summed E-state index contributed by atoms with van der Waals surface area (Å²) in [5, 5.41) is 4.22. The predicted molar refractivity (Wildman–Crippen MR) is 256 cm³/mol. The molecule has 5 nitrogen and oxygen atoms in total. The van der Waals surface area contributed by atoms with Crippen molar-refractivity contribution < 1.29 is 4.42 Å². The van der Waals surface area contributed by atoms with Gasteiger partial charge in [0.15, 0.2) is 11.6 Å². The number of hydrogen-bond donors (Lipinski definition) is 0. The second-order valence-electron chi connectivity index (χ2n) is 15.4. The summed E-state index contributed by atoms with van der Waals surface area (Å²) in [6.07, 6.45) is 0. The lowest BCUT2D eigenvalue weighted by atomic mass is 9.95. The van der Waals surface area contributed by atoms with Gasteiger partial charge in [-0.15, -0.1) is 11.3 Å². The van der Waals surface area contributed by atoms with E-state index in [1.54, 1.807) is 11.3 Å². The molecule has 0 aliphatic heterocycles. The number of thiophene rings is 1. The van der Waals surface area contributed by atoms with Crippen LogP contribution >= 0.6 is 11.3 Å². The van der Waals surface area contributed by atoms with Gasteiger partial charge in [0.25, 0.3) is 0 Å². The second-order valence-corrected chi connectivity index (χ2v) is 16.4. The lowest BCUT2D eigenvalue weighted by Gasteiger charge is -2.11. The Morgan fingerprint density at radius 1 is 0.323 bits per heavy atom. The summed E-state index contributed by atoms with van der Waals surface area (Å²) in [4.78, 5) is 21.6. The third-order valence-corrected chi connectivity index (χ3v) is 12.6. The summed E-state index contributed by atoms with van der Waals surface area (Å²) in [6.45, 7) is 0. The van der Waals surface area contributed by atoms with Crippen molar-refractivity contribution in [1.29, 1.82) is 0 Å². The monoisotopic (exact) mass is 810 g/mol. The minimum absolute atomic E-state index is 0.578. The zero-order chi connectivity index (χ0) is 41.0. The van der Waals surface area contributed by atoms with Crippen LogP contribution in [0.25, 0.3) is 121 Å². The van der Waals surface area contributed by atoms with Gasteiger partial charge in [0, 0.05) is 43.1 Å². The number of benzene rings is 8. The Kier molecular flexibility index (Phi) is 8.61. The van der Waals surface area contributed by atoms with Gasteiger partial charge in [-0.25, -0.2) is 15.0 Å². The van der Waals surface area contributed by atoms with E-state index >= 15 is 0 Å². The first-order chi connectivity index (χ1) is 30.7. The van der Waals surface area contributed by atoms with Gasteiger partial charge in [0.2, 0.25) is 5.71 Å². The van der Waals surface area contributed by atoms with Crippen LogP contribution in [-0.2, 0) is 0 Å². The van der Waals surface area contributed by atoms with Crippen molar-refractivity contribution in [2.45, 2.75) is 0 Å². The Labute approximate surface area is 361 Å². The fraction of sp³-hybridized carbons (Fsp3) is 0. The molecule has 4 heterocycles. The van der Waals surface area contributed by atoms with E-state index in [-0.39, 0.29) is 0 Å². The van der Waals surface area contributed by atoms with Gasteiger partial charge in [-0.1, -0.05) is 170 Å². The molecule has 0 amide bonds. The zero-order valence-corrected chi connectivity index (χ0v) is 34.1. The lowest BCUT2D eigenvalue weighted by Crippen LogP contribution is -1.94. The van der Waals surface area contributed by atoms with Gasteiger partial charge in [0.1, 0.15) is 10.4 Å². The fourth-order valence-electron chi connectivity index (χ4n) is 8.55. The first-order valence-electron chi connectivity index (χ1n) is 20.6. The van der Waals surface area contributed by atoms with E-state index in [0.29, 0.717) is 11.5 Å². The fourth-order valence-corrected chi connectivity index (χ4v) is 9.62. The number of hydrogen-bond acceptors (Lipinski definition) is 6. The number of rotatable bonds is 7. The van der Waals surface area contributed by atoms with Crippen LogP contribution in [0.2, 0.25) is 0 Å². The smallest absolute Gasteiger partial charge is 0.231 e. The molecule has 0 N–H and O–H groups in total. The van der Waals surface area contributed by atoms with Crippen molar-refractivity contribution in [2.24, 2.45) is 0 Å². The summed E-state index contributed by atoms with van der Waals surface area (Å²) in [5.41, 5.74) is 13.8. The summed E-state index contributed by atoms with van der Waals surface area (Å²) >= 11 is 1.72. The summed E-state index contributed by atoms with van der Waals surface area (Å²) < 4.78 is 7.53. The number of para-hydroxylation sites is 1. The highest BCUT2D eigenvalue weighted by molar-refractivity contribution is 7.25. The normalized spacial score (nSPS) is 11.5. The first-order valence-corrected chi connectivity index (χ1v) is 21.4. The quantitative estimate of drug-likeness (QED) is 0.160. The van der Waals surface area contributed by atoms with Crippen molar-refractivity contribution in [2.75, 3.05) is 0 Å². The third kappa shape index (κ3) is 6.33. The van der Waals surface area contributed by atoms with Gasteiger partial charge < -0.3 is 4.42 Å². The summed E-state index contributed by atoms with van der Waals surface area (Å²) in [5.74, 6) is 1.34. The Morgan fingerprint density at radius 2 is 0.742 bits per heavy atom. The van der Waals surface area contributed by atoms with Crippen molar-refractivity contribution in [3.8, 4) is 78.7 Å². The molecular weight excluding hydrogens is 777 g/mol. The van der Waals surface area contributed by atoms with Crippen LogP contribution in [0.15, 0.2) is 211 Å². The molecule has 0 fully saturated rings. The molecule has 8 aromatic carbocycles. The van der Waals surface area contributed by atoms with Crippen LogP contribution in [0.1, 0.15) is 0 Å². The molecule has 0 saturated carbocycles. The van der Waals surface area contributed by atoms with Crippen LogP contribution in [0, 0.1) is 0 Å². The Morgan fingerprint density at radius 3 is 1.31 bits per heavy atom. The van der Waals surface area contributed by atoms with Gasteiger partial charge in [-0.3, -0.25) is 0 Å². The molecule has 6 heteroatoms. The number of nitrogens with zero attached hydrogens (tertiary/aromatic N) is 4.